The zero-order valence-electron chi connectivity index (χ0n) is 10.7. The third kappa shape index (κ3) is 2.48. The van der Waals surface area contributed by atoms with E-state index in [9.17, 15) is 0 Å². The SMILES string of the molecule is CNC(CCn1ncnn1)c1cc2ccccc2o1. The van der Waals surface area contributed by atoms with E-state index < -0.39 is 0 Å². The lowest BCUT2D eigenvalue weighted by atomic mass is 10.1. The van der Waals surface area contributed by atoms with Crippen LogP contribution >= 0.6 is 0 Å². The Morgan fingerprint density at radius 3 is 3.00 bits per heavy atom. The molecule has 1 unspecified atom stereocenters. The molecule has 2 heterocycles. The third-order valence-electron chi connectivity index (χ3n) is 3.15. The summed E-state index contributed by atoms with van der Waals surface area (Å²) in [5.74, 6) is 0.934. The van der Waals surface area contributed by atoms with Crippen LogP contribution in [0.5, 0.6) is 0 Å². The largest absolute Gasteiger partial charge is 0.459 e. The molecule has 1 atom stereocenters. The van der Waals surface area contributed by atoms with Gasteiger partial charge in [0.25, 0.3) is 0 Å². The summed E-state index contributed by atoms with van der Waals surface area (Å²) in [6.07, 6.45) is 2.28. The lowest BCUT2D eigenvalue weighted by Gasteiger charge is -2.12. The second-order valence-corrected chi connectivity index (χ2v) is 4.35. The molecule has 6 heteroatoms. The topological polar surface area (TPSA) is 68.8 Å². The molecule has 1 N–H and O–H groups in total. The fourth-order valence-corrected chi connectivity index (χ4v) is 2.14. The van der Waals surface area contributed by atoms with Crippen LogP contribution in [0.1, 0.15) is 18.2 Å². The molecule has 0 spiro atoms. The first-order valence-corrected chi connectivity index (χ1v) is 6.23. The zero-order valence-corrected chi connectivity index (χ0v) is 10.7. The van der Waals surface area contributed by atoms with E-state index in [0.717, 1.165) is 23.2 Å². The van der Waals surface area contributed by atoms with Crippen molar-refractivity contribution in [1.29, 1.82) is 0 Å². The molecule has 0 saturated heterocycles. The van der Waals surface area contributed by atoms with Gasteiger partial charge in [-0.1, -0.05) is 18.2 Å². The van der Waals surface area contributed by atoms with E-state index in [-0.39, 0.29) is 6.04 Å². The number of rotatable bonds is 5. The monoisotopic (exact) mass is 257 g/mol. The van der Waals surface area contributed by atoms with E-state index in [1.54, 1.807) is 4.80 Å². The molecule has 19 heavy (non-hydrogen) atoms. The average molecular weight is 257 g/mol. The molecule has 0 saturated carbocycles. The molecule has 3 aromatic rings. The molecule has 1 aromatic carbocycles. The highest BCUT2D eigenvalue weighted by Gasteiger charge is 2.14. The summed E-state index contributed by atoms with van der Waals surface area (Å²) in [7, 11) is 1.92. The number of benzene rings is 1. The zero-order chi connectivity index (χ0) is 13.1. The van der Waals surface area contributed by atoms with Crippen LogP contribution in [0.3, 0.4) is 0 Å². The van der Waals surface area contributed by atoms with Gasteiger partial charge in [0.05, 0.1) is 12.6 Å². The van der Waals surface area contributed by atoms with Gasteiger partial charge in [-0.25, -0.2) is 0 Å². The first-order valence-electron chi connectivity index (χ1n) is 6.23. The van der Waals surface area contributed by atoms with Crippen molar-refractivity contribution in [3.05, 3.63) is 42.4 Å². The minimum absolute atomic E-state index is 0.137. The van der Waals surface area contributed by atoms with Gasteiger partial charge < -0.3 is 9.73 Å². The normalized spacial score (nSPS) is 12.9. The highest BCUT2D eigenvalue weighted by Crippen LogP contribution is 2.25. The lowest BCUT2D eigenvalue weighted by molar-refractivity contribution is 0.387. The van der Waals surface area contributed by atoms with Crippen LogP contribution in [0.4, 0.5) is 0 Å². The Morgan fingerprint density at radius 1 is 1.37 bits per heavy atom. The molecule has 6 nitrogen and oxygen atoms in total. The highest BCUT2D eigenvalue weighted by atomic mass is 16.3. The van der Waals surface area contributed by atoms with E-state index in [4.69, 9.17) is 4.42 Å². The Bertz CT molecular complexity index is 613. The molecule has 0 aliphatic rings. The summed E-state index contributed by atoms with van der Waals surface area (Å²) in [6.45, 7) is 0.697. The number of nitrogens with zero attached hydrogens (tertiary/aromatic N) is 4. The van der Waals surface area contributed by atoms with Crippen molar-refractivity contribution in [2.24, 2.45) is 0 Å². The Labute approximate surface area is 110 Å². The number of nitrogens with one attached hydrogen (secondary N) is 1. The van der Waals surface area contributed by atoms with Crippen molar-refractivity contribution >= 4 is 11.0 Å². The van der Waals surface area contributed by atoms with E-state index in [0.29, 0.717) is 6.54 Å². The van der Waals surface area contributed by atoms with Gasteiger partial charge in [-0.3, -0.25) is 0 Å². The molecule has 0 radical (unpaired) electrons. The quantitative estimate of drug-likeness (QED) is 0.754. The van der Waals surface area contributed by atoms with Crippen molar-refractivity contribution in [1.82, 2.24) is 25.5 Å². The number of fused-ring (bicyclic) bond motifs is 1. The minimum Gasteiger partial charge on any atom is -0.459 e. The van der Waals surface area contributed by atoms with Gasteiger partial charge in [0.15, 0.2) is 6.33 Å². The summed E-state index contributed by atoms with van der Waals surface area (Å²) < 4.78 is 5.86. The number of furan rings is 1. The predicted octanol–water partition coefficient (Wildman–Crippen LogP) is 1.77. The second-order valence-electron chi connectivity index (χ2n) is 4.35. The van der Waals surface area contributed by atoms with E-state index in [1.165, 1.54) is 6.33 Å². The smallest absolute Gasteiger partial charge is 0.162 e. The maximum Gasteiger partial charge on any atom is 0.162 e. The van der Waals surface area contributed by atoms with Gasteiger partial charge in [-0.2, -0.15) is 4.80 Å². The van der Waals surface area contributed by atoms with Gasteiger partial charge >= 0.3 is 0 Å². The van der Waals surface area contributed by atoms with E-state index in [1.807, 2.05) is 31.3 Å². The Balaban J connectivity index is 1.77. The summed E-state index contributed by atoms with van der Waals surface area (Å²) in [5, 5.41) is 15.9. The van der Waals surface area contributed by atoms with Gasteiger partial charge in [-0.15, -0.1) is 10.2 Å². The first kappa shape index (κ1) is 11.9. The maximum atomic E-state index is 5.86. The highest BCUT2D eigenvalue weighted by molar-refractivity contribution is 5.77. The molecule has 0 amide bonds. The van der Waals surface area contributed by atoms with E-state index >= 15 is 0 Å². The van der Waals surface area contributed by atoms with E-state index in [2.05, 4.69) is 26.8 Å². The third-order valence-corrected chi connectivity index (χ3v) is 3.15. The fraction of sp³-hybridized carbons (Fsp3) is 0.308. The molecule has 3 rings (SSSR count). The van der Waals surface area contributed by atoms with Crippen LogP contribution in [-0.4, -0.2) is 27.3 Å². The van der Waals surface area contributed by atoms with Gasteiger partial charge in [0.2, 0.25) is 0 Å². The van der Waals surface area contributed by atoms with Crippen molar-refractivity contribution in [2.75, 3.05) is 7.05 Å². The van der Waals surface area contributed by atoms with Crippen molar-refractivity contribution in [3.63, 3.8) is 0 Å². The minimum atomic E-state index is 0.137. The fourth-order valence-electron chi connectivity index (χ4n) is 2.14. The lowest BCUT2D eigenvalue weighted by Crippen LogP contribution is -2.18. The summed E-state index contributed by atoms with van der Waals surface area (Å²) in [5.41, 5.74) is 0.914. The number of para-hydroxylation sites is 1. The van der Waals surface area contributed by atoms with Gasteiger partial charge in [-0.05, 0) is 30.8 Å². The maximum absolute atomic E-state index is 5.86. The predicted molar refractivity (Wildman–Crippen MR) is 70.4 cm³/mol. The van der Waals surface area contributed by atoms with Crippen LogP contribution in [0.2, 0.25) is 0 Å². The Hall–Kier alpha value is -2.21. The summed E-state index contributed by atoms with van der Waals surface area (Å²) >= 11 is 0. The molecule has 0 fully saturated rings. The molecule has 0 aliphatic heterocycles. The number of hydrogen-bond acceptors (Lipinski definition) is 5. The Kier molecular flexibility index (Phi) is 3.24. The van der Waals surface area contributed by atoms with Crippen LogP contribution in [0.15, 0.2) is 41.1 Å². The van der Waals surface area contributed by atoms with Crippen molar-refractivity contribution in [2.45, 2.75) is 19.0 Å². The summed E-state index contributed by atoms with van der Waals surface area (Å²) in [6, 6.07) is 10.2. The molecular weight excluding hydrogens is 242 g/mol. The molecule has 0 aliphatic carbocycles. The molecule has 0 bridgehead atoms. The number of hydrogen-bond donors (Lipinski definition) is 1. The Morgan fingerprint density at radius 2 is 2.26 bits per heavy atom. The van der Waals surface area contributed by atoms with Crippen LogP contribution in [-0.2, 0) is 6.54 Å². The van der Waals surface area contributed by atoms with Crippen molar-refractivity contribution in [3.8, 4) is 0 Å². The van der Waals surface area contributed by atoms with Gasteiger partial charge in [0.1, 0.15) is 11.3 Å². The summed E-state index contributed by atoms with van der Waals surface area (Å²) in [4.78, 5) is 1.58. The first-order chi connectivity index (χ1) is 9.36. The molecular formula is C13H15N5O. The van der Waals surface area contributed by atoms with Crippen LogP contribution < -0.4 is 5.32 Å². The number of tetrazole rings is 1. The number of aromatic nitrogens is 4. The standard InChI is InChI=1S/C13H15N5O/c1-14-11(6-7-18-16-9-15-17-18)13-8-10-4-2-3-5-12(10)19-13/h2-5,8-9,11,14H,6-7H2,1H3. The molecule has 98 valence electrons. The van der Waals surface area contributed by atoms with Gasteiger partial charge in [0, 0.05) is 5.39 Å². The average Bonchev–Trinajstić information content (AvgIpc) is 3.08. The van der Waals surface area contributed by atoms with Crippen LogP contribution in [0.25, 0.3) is 11.0 Å². The second kappa shape index (κ2) is 5.19. The molecule has 2 aromatic heterocycles. The number of aryl methyl sites for hydroxylation is 1. The van der Waals surface area contributed by atoms with Crippen molar-refractivity contribution < 1.29 is 4.42 Å². The van der Waals surface area contributed by atoms with Crippen LogP contribution in [0, 0.1) is 0 Å².